The Bertz CT molecular complexity index is 409. The number of nitrogens with one attached hydrogen (secondary N) is 1. The summed E-state index contributed by atoms with van der Waals surface area (Å²) in [6.45, 7) is 4.55. The Morgan fingerprint density at radius 2 is 2.22 bits per heavy atom. The largest absolute Gasteiger partial charge is 0.352 e. The summed E-state index contributed by atoms with van der Waals surface area (Å²) < 4.78 is 13.1. The molecule has 0 saturated carbocycles. The van der Waals surface area contributed by atoms with Crippen LogP contribution in [0.25, 0.3) is 0 Å². The summed E-state index contributed by atoms with van der Waals surface area (Å²) in [5, 5.41) is 3.81. The van der Waals surface area contributed by atoms with Crippen LogP contribution in [0.15, 0.2) is 18.2 Å². The van der Waals surface area contributed by atoms with E-state index in [1.54, 1.807) is 6.07 Å². The Morgan fingerprint density at radius 3 is 2.83 bits per heavy atom. The van der Waals surface area contributed by atoms with Gasteiger partial charge in [0.15, 0.2) is 0 Å². The number of hydrogen-bond acceptors (Lipinski definition) is 1. The molecule has 1 atom stereocenters. The van der Waals surface area contributed by atoms with Gasteiger partial charge in [-0.25, -0.2) is 4.39 Å². The number of rotatable bonds is 6. The molecular formula is C14H19BrFNO. The Balaban J connectivity index is 2.62. The van der Waals surface area contributed by atoms with Gasteiger partial charge in [-0.1, -0.05) is 35.3 Å². The summed E-state index contributed by atoms with van der Waals surface area (Å²) in [7, 11) is 0. The molecule has 0 spiro atoms. The van der Waals surface area contributed by atoms with Crippen molar-refractivity contribution in [1.82, 2.24) is 5.32 Å². The maximum absolute atomic E-state index is 13.1. The maximum Gasteiger partial charge on any atom is 0.251 e. The Kier molecular flexibility index (Phi) is 6.33. The maximum atomic E-state index is 13.1. The minimum atomic E-state index is -0.377. The lowest BCUT2D eigenvalue weighted by Crippen LogP contribution is -2.29. The van der Waals surface area contributed by atoms with Gasteiger partial charge in [-0.15, -0.1) is 0 Å². The molecule has 1 aromatic rings. The third kappa shape index (κ3) is 4.41. The second-order valence-corrected chi connectivity index (χ2v) is 5.21. The first-order chi connectivity index (χ1) is 8.58. The summed E-state index contributed by atoms with van der Waals surface area (Å²) in [5.41, 5.74) is 1.21. The van der Waals surface area contributed by atoms with Crippen LogP contribution in [-0.4, -0.2) is 17.8 Å². The van der Waals surface area contributed by atoms with Gasteiger partial charge >= 0.3 is 0 Å². The topological polar surface area (TPSA) is 29.1 Å². The molecule has 18 heavy (non-hydrogen) atoms. The van der Waals surface area contributed by atoms with Gasteiger partial charge in [0.2, 0.25) is 0 Å². The molecule has 0 aliphatic rings. The summed E-state index contributed by atoms with van der Waals surface area (Å²) in [4.78, 5) is 12.0. The zero-order valence-electron chi connectivity index (χ0n) is 10.8. The first kappa shape index (κ1) is 15.2. The first-order valence-electron chi connectivity index (χ1n) is 6.18. The average molecular weight is 316 g/mol. The summed E-state index contributed by atoms with van der Waals surface area (Å²) in [6, 6.07) is 4.28. The molecule has 1 N–H and O–H groups in total. The van der Waals surface area contributed by atoms with Crippen LogP contribution in [0.3, 0.4) is 0 Å². The van der Waals surface area contributed by atoms with E-state index >= 15 is 0 Å². The van der Waals surface area contributed by atoms with E-state index in [4.69, 9.17) is 0 Å². The number of aryl methyl sites for hydroxylation is 1. The number of halogens is 2. The van der Waals surface area contributed by atoms with Gasteiger partial charge in [0.1, 0.15) is 5.82 Å². The van der Waals surface area contributed by atoms with Crippen LogP contribution in [0.4, 0.5) is 4.39 Å². The second kappa shape index (κ2) is 7.52. The molecule has 0 aliphatic carbocycles. The van der Waals surface area contributed by atoms with Crippen molar-refractivity contribution in [2.24, 2.45) is 5.92 Å². The molecule has 0 bridgehead atoms. The molecule has 0 fully saturated rings. The summed E-state index contributed by atoms with van der Waals surface area (Å²) >= 11 is 3.40. The van der Waals surface area contributed by atoms with Crippen molar-refractivity contribution in [3.05, 3.63) is 35.1 Å². The molecule has 0 radical (unpaired) electrons. The van der Waals surface area contributed by atoms with Gasteiger partial charge in [0.05, 0.1) is 0 Å². The van der Waals surface area contributed by atoms with Crippen LogP contribution >= 0.6 is 15.9 Å². The van der Waals surface area contributed by atoms with Crippen LogP contribution in [-0.2, 0) is 0 Å². The SMILES string of the molecule is CCC(CCBr)CNC(=O)c1cc(F)ccc1C. The van der Waals surface area contributed by atoms with E-state index in [1.165, 1.54) is 12.1 Å². The minimum absolute atomic E-state index is 0.194. The first-order valence-corrected chi connectivity index (χ1v) is 7.31. The predicted molar refractivity (Wildman–Crippen MR) is 75.7 cm³/mol. The van der Waals surface area contributed by atoms with Crippen molar-refractivity contribution in [3.63, 3.8) is 0 Å². The zero-order valence-corrected chi connectivity index (χ0v) is 12.4. The van der Waals surface area contributed by atoms with Gasteiger partial charge in [0.25, 0.3) is 5.91 Å². The van der Waals surface area contributed by atoms with E-state index in [0.29, 0.717) is 18.0 Å². The standard InChI is InChI=1S/C14H19BrFNO/c1-3-11(6-7-15)9-17-14(18)13-8-12(16)5-4-10(13)2/h4-5,8,11H,3,6-7,9H2,1-2H3,(H,17,18). The lowest BCUT2D eigenvalue weighted by atomic mass is 10.0. The smallest absolute Gasteiger partial charge is 0.251 e. The fourth-order valence-corrected chi connectivity index (χ4v) is 2.42. The lowest BCUT2D eigenvalue weighted by molar-refractivity contribution is 0.0945. The molecule has 1 rings (SSSR count). The molecule has 100 valence electrons. The van der Waals surface area contributed by atoms with Crippen LogP contribution in [0.5, 0.6) is 0 Å². The van der Waals surface area contributed by atoms with Crippen LogP contribution < -0.4 is 5.32 Å². The van der Waals surface area contributed by atoms with Crippen LogP contribution in [0, 0.1) is 18.7 Å². The molecule has 0 saturated heterocycles. The van der Waals surface area contributed by atoms with Crippen LogP contribution in [0.2, 0.25) is 0 Å². The number of hydrogen-bond donors (Lipinski definition) is 1. The molecule has 1 amide bonds. The van der Waals surface area contributed by atoms with E-state index in [-0.39, 0.29) is 11.7 Å². The van der Waals surface area contributed by atoms with Crippen molar-refractivity contribution in [1.29, 1.82) is 0 Å². The molecule has 0 aliphatic heterocycles. The van der Waals surface area contributed by atoms with Gasteiger partial charge in [-0.2, -0.15) is 0 Å². The van der Waals surface area contributed by atoms with E-state index in [1.807, 2.05) is 6.92 Å². The number of amides is 1. The Hall–Kier alpha value is -0.900. The number of alkyl halides is 1. The Morgan fingerprint density at radius 1 is 1.50 bits per heavy atom. The lowest BCUT2D eigenvalue weighted by Gasteiger charge is -2.15. The fourth-order valence-electron chi connectivity index (χ4n) is 1.78. The highest BCUT2D eigenvalue weighted by Crippen LogP contribution is 2.12. The minimum Gasteiger partial charge on any atom is -0.352 e. The summed E-state index contributed by atoms with van der Waals surface area (Å²) in [5.74, 6) is -0.111. The van der Waals surface area contributed by atoms with Gasteiger partial charge < -0.3 is 5.32 Å². The number of carbonyl (C=O) groups is 1. The molecule has 4 heteroatoms. The van der Waals surface area contributed by atoms with Crippen molar-refractivity contribution in [2.45, 2.75) is 26.7 Å². The van der Waals surface area contributed by atoms with Crippen LogP contribution in [0.1, 0.15) is 35.7 Å². The van der Waals surface area contributed by atoms with Gasteiger partial charge in [-0.3, -0.25) is 4.79 Å². The molecule has 0 heterocycles. The number of benzene rings is 1. The highest BCUT2D eigenvalue weighted by Gasteiger charge is 2.12. The summed E-state index contributed by atoms with van der Waals surface area (Å²) in [6.07, 6.45) is 2.05. The van der Waals surface area contributed by atoms with E-state index < -0.39 is 0 Å². The highest BCUT2D eigenvalue weighted by molar-refractivity contribution is 9.09. The van der Waals surface area contributed by atoms with E-state index in [2.05, 4.69) is 28.2 Å². The van der Waals surface area contributed by atoms with Gasteiger partial charge in [0, 0.05) is 17.4 Å². The third-order valence-corrected chi connectivity index (χ3v) is 3.55. The monoisotopic (exact) mass is 315 g/mol. The fraction of sp³-hybridized carbons (Fsp3) is 0.500. The molecule has 1 aromatic carbocycles. The molecule has 0 aromatic heterocycles. The van der Waals surface area contributed by atoms with Crippen molar-refractivity contribution >= 4 is 21.8 Å². The van der Waals surface area contributed by atoms with E-state index in [0.717, 1.165) is 23.7 Å². The average Bonchev–Trinajstić information content (AvgIpc) is 2.37. The molecule has 2 nitrogen and oxygen atoms in total. The quantitative estimate of drug-likeness (QED) is 0.797. The van der Waals surface area contributed by atoms with Gasteiger partial charge in [-0.05, 0) is 37.0 Å². The second-order valence-electron chi connectivity index (χ2n) is 4.42. The Labute approximate surface area is 116 Å². The number of carbonyl (C=O) groups excluding carboxylic acids is 1. The van der Waals surface area contributed by atoms with Crippen molar-refractivity contribution in [2.75, 3.05) is 11.9 Å². The predicted octanol–water partition coefficient (Wildman–Crippen LogP) is 3.68. The molecular weight excluding hydrogens is 297 g/mol. The van der Waals surface area contributed by atoms with Crippen molar-refractivity contribution < 1.29 is 9.18 Å². The normalized spacial score (nSPS) is 12.2. The third-order valence-electron chi connectivity index (χ3n) is 3.09. The van der Waals surface area contributed by atoms with E-state index in [9.17, 15) is 9.18 Å². The molecule has 1 unspecified atom stereocenters. The van der Waals surface area contributed by atoms with Crippen molar-refractivity contribution in [3.8, 4) is 0 Å². The highest BCUT2D eigenvalue weighted by atomic mass is 79.9. The zero-order chi connectivity index (χ0) is 13.5.